The summed E-state index contributed by atoms with van der Waals surface area (Å²) in [7, 11) is 0. The van der Waals surface area contributed by atoms with E-state index >= 15 is 0 Å². The highest BCUT2D eigenvalue weighted by Crippen LogP contribution is 2.08. The normalized spacial score (nSPS) is 12.9. The summed E-state index contributed by atoms with van der Waals surface area (Å²) in [4.78, 5) is 10.1. The molecule has 126 valence electrons. The molecule has 0 aliphatic heterocycles. The molecule has 1 aromatic carbocycles. The lowest BCUT2D eigenvalue weighted by atomic mass is 10.1. The Morgan fingerprint density at radius 2 is 1.68 bits per heavy atom. The topological polar surface area (TPSA) is 88.0 Å². The fourth-order valence-corrected chi connectivity index (χ4v) is 2.02. The van der Waals surface area contributed by atoms with Crippen molar-refractivity contribution in [3.05, 3.63) is 35.9 Å². The predicted molar refractivity (Wildman–Crippen MR) is 86.8 cm³/mol. The molecule has 0 amide bonds. The zero-order valence-electron chi connectivity index (χ0n) is 14.0. The quantitative estimate of drug-likeness (QED) is 0.682. The van der Waals surface area contributed by atoms with Crippen LogP contribution in [0.15, 0.2) is 30.3 Å². The van der Waals surface area contributed by atoms with Crippen LogP contribution in [0.1, 0.15) is 70.4 Å². The van der Waals surface area contributed by atoms with E-state index in [0.29, 0.717) is 12.5 Å². The van der Waals surface area contributed by atoms with Crippen molar-refractivity contribution in [2.45, 2.75) is 70.9 Å². The molecule has 0 radical (unpaired) electrons. The van der Waals surface area contributed by atoms with Gasteiger partial charge < -0.3 is 20.7 Å². The van der Waals surface area contributed by atoms with Crippen LogP contribution in [-0.4, -0.2) is 17.2 Å². The molecule has 0 fully saturated rings. The number of carboxylic acid groups (broad SMARTS) is 1. The number of unbranched alkanes of at least 4 members (excludes halogenated alkanes) is 5. The number of rotatable bonds is 9. The molecule has 4 N–H and O–H groups in total. The average Bonchev–Trinajstić information content (AvgIpc) is 2.52. The molecule has 0 saturated heterocycles. The fraction of sp³-hybridized carbons (Fsp3) is 0.611. The summed E-state index contributed by atoms with van der Waals surface area (Å²) < 4.78 is 0. The molecule has 0 aromatic heterocycles. The van der Waals surface area contributed by atoms with Gasteiger partial charge in [0.05, 0.1) is 12.1 Å². The zero-order valence-corrected chi connectivity index (χ0v) is 14.0. The Balaban J connectivity index is 0.000000425. The molecule has 0 saturated carbocycles. The lowest BCUT2D eigenvalue weighted by Crippen LogP contribution is -2.51. The third-order valence-corrected chi connectivity index (χ3v) is 3.47. The summed E-state index contributed by atoms with van der Waals surface area (Å²) in [5.41, 5.74) is 5.21. The lowest BCUT2D eigenvalue weighted by molar-refractivity contribution is -0.420. The Morgan fingerprint density at radius 1 is 1.14 bits per heavy atom. The van der Waals surface area contributed by atoms with Crippen molar-refractivity contribution in [1.82, 2.24) is 0 Å². The summed E-state index contributed by atoms with van der Waals surface area (Å²) >= 11 is 0. The van der Waals surface area contributed by atoms with Gasteiger partial charge in [-0.3, -0.25) is 0 Å². The minimum Gasteiger partial charge on any atom is -0.547 e. The van der Waals surface area contributed by atoms with Gasteiger partial charge in [0.25, 0.3) is 0 Å². The van der Waals surface area contributed by atoms with Crippen molar-refractivity contribution in [3.8, 4) is 0 Å². The molecule has 0 aliphatic rings. The van der Waals surface area contributed by atoms with E-state index in [9.17, 15) is 9.90 Å². The summed E-state index contributed by atoms with van der Waals surface area (Å²) in [6.45, 7) is 4.25. The second-order valence-corrected chi connectivity index (χ2v) is 5.70. The number of aliphatic hydroxyl groups excluding tert-OH is 1. The van der Waals surface area contributed by atoms with E-state index in [0.717, 1.165) is 19.3 Å². The number of aliphatic carboxylic acids is 1. The SMILES string of the molecule is CCCCCCCCC(O)C(=O)[O-].C[C@@H]([NH3+])c1ccccc1. The number of hydrogen-bond acceptors (Lipinski definition) is 3. The number of quaternary nitrogens is 1. The Bertz CT molecular complexity index is 379. The van der Waals surface area contributed by atoms with Gasteiger partial charge in [-0.25, -0.2) is 0 Å². The number of benzene rings is 1. The zero-order chi connectivity index (χ0) is 16.8. The van der Waals surface area contributed by atoms with Crippen molar-refractivity contribution >= 4 is 5.97 Å². The maximum Gasteiger partial charge on any atom is 0.107 e. The molecule has 22 heavy (non-hydrogen) atoms. The van der Waals surface area contributed by atoms with E-state index in [1.807, 2.05) is 18.2 Å². The summed E-state index contributed by atoms with van der Waals surface area (Å²) in [6.07, 6.45) is 5.62. The van der Waals surface area contributed by atoms with Gasteiger partial charge >= 0.3 is 0 Å². The Labute approximate surface area is 134 Å². The van der Waals surface area contributed by atoms with Crippen LogP contribution >= 0.6 is 0 Å². The standard InChI is InChI=1S/C10H20O3.C8H11N/c1-2-3-4-5-6-7-8-9(11)10(12)13;1-7(9)8-5-3-2-4-6-8/h9,11H,2-8H2,1H3,(H,12,13);2-7H,9H2,1H3/t;7-/m.1/s1. The third kappa shape index (κ3) is 11.3. The number of hydrogen-bond donors (Lipinski definition) is 2. The first-order valence-corrected chi connectivity index (χ1v) is 8.26. The first-order valence-electron chi connectivity index (χ1n) is 8.26. The molecule has 4 heteroatoms. The average molecular weight is 309 g/mol. The summed E-state index contributed by atoms with van der Waals surface area (Å²) in [5, 5.41) is 19.0. The van der Waals surface area contributed by atoms with Gasteiger partial charge in [-0.2, -0.15) is 0 Å². The number of carbonyl (C=O) groups excluding carboxylic acids is 1. The van der Waals surface area contributed by atoms with Gasteiger partial charge in [-0.15, -0.1) is 0 Å². The molecule has 0 bridgehead atoms. The Morgan fingerprint density at radius 3 is 2.14 bits per heavy atom. The van der Waals surface area contributed by atoms with Gasteiger partial charge in [-0.05, 0) is 13.3 Å². The molecular formula is C18H31NO3. The molecule has 1 unspecified atom stereocenters. The molecular weight excluding hydrogens is 278 g/mol. The Hall–Kier alpha value is -1.39. The molecule has 0 aliphatic carbocycles. The molecule has 2 atom stereocenters. The number of aliphatic hydroxyl groups is 1. The van der Waals surface area contributed by atoms with Gasteiger partial charge in [-0.1, -0.05) is 75.8 Å². The predicted octanol–water partition coefficient (Wildman–Crippen LogP) is 1.84. The molecule has 4 nitrogen and oxygen atoms in total. The van der Waals surface area contributed by atoms with Crippen molar-refractivity contribution in [2.75, 3.05) is 0 Å². The van der Waals surface area contributed by atoms with Crippen LogP contribution < -0.4 is 10.8 Å². The van der Waals surface area contributed by atoms with Crippen molar-refractivity contribution in [3.63, 3.8) is 0 Å². The third-order valence-electron chi connectivity index (χ3n) is 3.47. The van der Waals surface area contributed by atoms with Crippen LogP contribution in [-0.2, 0) is 4.79 Å². The minimum atomic E-state index is -1.35. The first-order chi connectivity index (χ1) is 10.5. The monoisotopic (exact) mass is 309 g/mol. The van der Waals surface area contributed by atoms with Gasteiger partial charge in [0.15, 0.2) is 0 Å². The highest BCUT2D eigenvalue weighted by Gasteiger charge is 2.03. The largest absolute Gasteiger partial charge is 0.547 e. The summed E-state index contributed by atoms with van der Waals surface area (Å²) in [5.74, 6) is -1.35. The summed E-state index contributed by atoms with van der Waals surface area (Å²) in [6, 6.07) is 10.7. The van der Waals surface area contributed by atoms with Crippen LogP contribution in [0.3, 0.4) is 0 Å². The first kappa shape index (κ1) is 20.6. The minimum absolute atomic E-state index is 0.328. The molecule has 1 aromatic rings. The van der Waals surface area contributed by atoms with Crippen LogP contribution in [0.5, 0.6) is 0 Å². The maximum absolute atomic E-state index is 10.1. The van der Waals surface area contributed by atoms with Crippen LogP contribution in [0, 0.1) is 0 Å². The van der Waals surface area contributed by atoms with Crippen LogP contribution in [0.25, 0.3) is 0 Å². The highest BCUT2D eigenvalue weighted by atomic mass is 16.4. The van der Waals surface area contributed by atoms with E-state index < -0.39 is 12.1 Å². The van der Waals surface area contributed by atoms with Crippen LogP contribution in [0.2, 0.25) is 0 Å². The van der Waals surface area contributed by atoms with Crippen molar-refractivity contribution < 1.29 is 20.7 Å². The molecule has 1 rings (SSSR count). The van der Waals surface area contributed by atoms with E-state index in [1.165, 1.54) is 24.8 Å². The number of carboxylic acids is 1. The van der Waals surface area contributed by atoms with E-state index in [2.05, 4.69) is 31.7 Å². The fourth-order valence-electron chi connectivity index (χ4n) is 2.02. The van der Waals surface area contributed by atoms with Gasteiger partial charge in [0.1, 0.15) is 6.04 Å². The maximum atomic E-state index is 10.1. The van der Waals surface area contributed by atoms with E-state index in [4.69, 9.17) is 5.11 Å². The van der Waals surface area contributed by atoms with Gasteiger partial charge in [0, 0.05) is 5.56 Å². The van der Waals surface area contributed by atoms with E-state index in [-0.39, 0.29) is 0 Å². The van der Waals surface area contributed by atoms with Crippen molar-refractivity contribution in [1.29, 1.82) is 0 Å². The smallest absolute Gasteiger partial charge is 0.107 e. The van der Waals surface area contributed by atoms with Crippen molar-refractivity contribution in [2.24, 2.45) is 0 Å². The van der Waals surface area contributed by atoms with E-state index in [1.54, 1.807) is 0 Å². The number of carbonyl (C=O) groups is 1. The van der Waals surface area contributed by atoms with Crippen LogP contribution in [0.4, 0.5) is 0 Å². The Kier molecular flexibility index (Phi) is 12.4. The second kappa shape index (κ2) is 13.3. The molecule has 0 heterocycles. The second-order valence-electron chi connectivity index (χ2n) is 5.70. The highest BCUT2D eigenvalue weighted by molar-refractivity contribution is 5.69. The molecule has 0 spiro atoms. The lowest BCUT2D eigenvalue weighted by Gasteiger charge is -2.10. The van der Waals surface area contributed by atoms with Gasteiger partial charge in [0.2, 0.25) is 0 Å².